The molecular formula is C16H18Cl3F3N2O2. The highest BCUT2D eigenvalue weighted by molar-refractivity contribution is 6.28. The Hall–Kier alpha value is -1.12. The monoisotopic (exact) mass is 432 g/mol. The van der Waals surface area contributed by atoms with Gasteiger partial charge in [0.2, 0.25) is 0 Å². The lowest BCUT2D eigenvalue weighted by Gasteiger charge is -2.34. The van der Waals surface area contributed by atoms with E-state index in [2.05, 4.69) is 15.0 Å². The number of benzene rings is 1. The Morgan fingerprint density at radius 2 is 1.65 bits per heavy atom. The summed E-state index contributed by atoms with van der Waals surface area (Å²) in [5, 5.41) is 3.55. The van der Waals surface area contributed by atoms with Gasteiger partial charge in [-0.25, -0.2) is 0 Å². The largest absolute Gasteiger partial charge is 0.573 e. The quantitative estimate of drug-likeness (QED) is 0.760. The Kier molecular flexibility index (Phi) is 8.56. The van der Waals surface area contributed by atoms with Gasteiger partial charge in [-0.3, -0.25) is 4.90 Å². The van der Waals surface area contributed by atoms with Crippen LogP contribution in [0.25, 0.3) is 0 Å². The zero-order valence-corrected chi connectivity index (χ0v) is 15.9. The molecule has 1 atom stereocenters. The maximum Gasteiger partial charge on any atom is 0.573 e. The van der Waals surface area contributed by atoms with Crippen LogP contribution >= 0.6 is 36.4 Å². The van der Waals surface area contributed by atoms with E-state index in [1.54, 1.807) is 24.3 Å². The fourth-order valence-corrected chi connectivity index (χ4v) is 2.97. The second-order valence-electron chi connectivity index (χ2n) is 5.45. The first-order valence-electron chi connectivity index (χ1n) is 7.48. The van der Waals surface area contributed by atoms with Gasteiger partial charge in [-0.05, 0) is 41.4 Å². The van der Waals surface area contributed by atoms with Gasteiger partial charge in [-0.1, -0.05) is 12.1 Å². The first-order valence-corrected chi connectivity index (χ1v) is 7.86. The smallest absolute Gasteiger partial charge is 0.448 e. The average molecular weight is 434 g/mol. The van der Waals surface area contributed by atoms with E-state index in [9.17, 15) is 13.2 Å². The highest BCUT2D eigenvalue weighted by atomic mass is 35.5. The maximum absolute atomic E-state index is 12.3. The van der Waals surface area contributed by atoms with Crippen molar-refractivity contribution in [2.24, 2.45) is 0 Å². The van der Waals surface area contributed by atoms with Crippen molar-refractivity contribution in [2.75, 3.05) is 26.2 Å². The predicted octanol–water partition coefficient (Wildman–Crippen LogP) is 4.67. The Labute approximate surface area is 166 Å². The second-order valence-corrected chi connectivity index (χ2v) is 5.82. The van der Waals surface area contributed by atoms with E-state index >= 15 is 0 Å². The van der Waals surface area contributed by atoms with E-state index in [-0.39, 0.29) is 41.8 Å². The van der Waals surface area contributed by atoms with Crippen molar-refractivity contribution in [2.45, 2.75) is 12.4 Å². The number of nitrogens with one attached hydrogen (secondary N) is 1. The van der Waals surface area contributed by atoms with Crippen LogP contribution in [0.15, 0.2) is 40.8 Å². The molecule has 26 heavy (non-hydrogen) atoms. The lowest BCUT2D eigenvalue weighted by Crippen LogP contribution is -2.45. The van der Waals surface area contributed by atoms with Crippen molar-refractivity contribution in [1.29, 1.82) is 0 Å². The molecule has 10 heteroatoms. The molecule has 0 amide bonds. The van der Waals surface area contributed by atoms with Crippen LogP contribution in [0.1, 0.15) is 17.4 Å². The van der Waals surface area contributed by atoms with Crippen LogP contribution in [0, 0.1) is 0 Å². The Bertz CT molecular complexity index is 674. The lowest BCUT2D eigenvalue weighted by atomic mass is 10.0. The average Bonchev–Trinajstić information content (AvgIpc) is 2.95. The molecule has 1 saturated heterocycles. The zero-order valence-electron chi connectivity index (χ0n) is 13.5. The summed E-state index contributed by atoms with van der Waals surface area (Å²) in [6, 6.07) is 9.08. The number of furan rings is 1. The fraction of sp³-hybridized carbons (Fsp3) is 0.375. The number of hydrogen-bond donors (Lipinski definition) is 1. The molecule has 3 rings (SSSR count). The molecule has 0 radical (unpaired) electrons. The van der Waals surface area contributed by atoms with Gasteiger partial charge in [-0.2, -0.15) is 0 Å². The molecule has 1 aliphatic heterocycles. The normalized spacial score (nSPS) is 16.3. The summed E-state index contributed by atoms with van der Waals surface area (Å²) in [5.41, 5.74) is 0.817. The van der Waals surface area contributed by atoms with Gasteiger partial charge < -0.3 is 14.5 Å². The van der Waals surface area contributed by atoms with Crippen LogP contribution in [0.3, 0.4) is 0 Å². The van der Waals surface area contributed by atoms with Crippen molar-refractivity contribution >= 4 is 36.4 Å². The molecule has 0 bridgehead atoms. The molecule has 1 N–H and O–H groups in total. The van der Waals surface area contributed by atoms with E-state index < -0.39 is 6.36 Å². The molecule has 1 aromatic heterocycles. The number of rotatable bonds is 4. The van der Waals surface area contributed by atoms with Crippen molar-refractivity contribution in [3.63, 3.8) is 0 Å². The molecule has 4 nitrogen and oxygen atoms in total. The third-order valence-electron chi connectivity index (χ3n) is 3.81. The van der Waals surface area contributed by atoms with E-state index in [0.717, 1.165) is 31.7 Å². The van der Waals surface area contributed by atoms with Crippen molar-refractivity contribution in [1.82, 2.24) is 10.2 Å². The number of piperazine rings is 1. The topological polar surface area (TPSA) is 37.6 Å². The highest BCUT2D eigenvalue weighted by Crippen LogP contribution is 2.33. The zero-order chi connectivity index (χ0) is 17.2. The number of halogens is 6. The maximum atomic E-state index is 12.3. The highest BCUT2D eigenvalue weighted by Gasteiger charge is 2.31. The summed E-state index contributed by atoms with van der Waals surface area (Å²) >= 11 is 5.89. The van der Waals surface area contributed by atoms with Crippen LogP contribution in [-0.2, 0) is 0 Å². The summed E-state index contributed by atoms with van der Waals surface area (Å²) in [7, 11) is 0. The second kappa shape index (κ2) is 9.71. The fourth-order valence-electron chi connectivity index (χ4n) is 2.82. The SMILES string of the molecule is Cl.Cl.FC(F)(F)Oc1ccc([C@H](c2ccc(Cl)o2)N2CCNCC2)cc1. The number of nitrogens with zero attached hydrogens (tertiary/aromatic N) is 1. The van der Waals surface area contributed by atoms with E-state index in [0.29, 0.717) is 5.76 Å². The first kappa shape index (κ1) is 22.9. The van der Waals surface area contributed by atoms with Gasteiger partial charge in [0.05, 0.1) is 6.04 Å². The summed E-state index contributed by atoms with van der Waals surface area (Å²) in [6.45, 7) is 3.26. The molecule has 0 aliphatic carbocycles. The third-order valence-corrected chi connectivity index (χ3v) is 4.01. The summed E-state index contributed by atoms with van der Waals surface area (Å²) < 4.78 is 46.4. The summed E-state index contributed by atoms with van der Waals surface area (Å²) in [5.74, 6) is 0.411. The molecule has 146 valence electrons. The van der Waals surface area contributed by atoms with Crippen molar-refractivity contribution in [3.05, 3.63) is 52.9 Å². The van der Waals surface area contributed by atoms with Gasteiger partial charge in [0, 0.05) is 26.2 Å². The van der Waals surface area contributed by atoms with Gasteiger partial charge in [-0.15, -0.1) is 38.0 Å². The van der Waals surface area contributed by atoms with E-state index in [4.69, 9.17) is 16.0 Å². The molecule has 1 aliphatic rings. The Morgan fingerprint density at radius 3 is 2.15 bits per heavy atom. The molecular weight excluding hydrogens is 416 g/mol. The molecule has 0 spiro atoms. The standard InChI is InChI=1S/C16H16ClF3N2O2.2ClH/c17-14-6-5-13(23-14)15(22-9-7-21-8-10-22)11-1-3-12(4-2-11)24-16(18,19)20;;/h1-6,15,21H,7-10H2;2*1H/t15-;;/m1../s1. The van der Waals surface area contributed by atoms with Gasteiger partial charge in [0.15, 0.2) is 5.22 Å². The Balaban J connectivity index is 0.00000169. The van der Waals surface area contributed by atoms with Crippen LogP contribution in [-0.4, -0.2) is 37.4 Å². The minimum Gasteiger partial charge on any atom is -0.448 e. The molecule has 1 fully saturated rings. The summed E-state index contributed by atoms with van der Waals surface area (Å²) in [6.07, 6.45) is -4.70. The molecule has 0 unspecified atom stereocenters. The first-order chi connectivity index (χ1) is 11.4. The number of alkyl halides is 3. The van der Waals surface area contributed by atoms with Crippen molar-refractivity contribution < 1.29 is 22.3 Å². The van der Waals surface area contributed by atoms with Crippen LogP contribution < -0.4 is 10.1 Å². The lowest BCUT2D eigenvalue weighted by molar-refractivity contribution is -0.274. The Morgan fingerprint density at radius 1 is 1.04 bits per heavy atom. The summed E-state index contributed by atoms with van der Waals surface area (Å²) in [4.78, 5) is 2.20. The van der Waals surface area contributed by atoms with Crippen LogP contribution in [0.2, 0.25) is 5.22 Å². The van der Waals surface area contributed by atoms with Crippen molar-refractivity contribution in [3.8, 4) is 5.75 Å². The minimum absolute atomic E-state index is 0. The predicted molar refractivity (Wildman–Crippen MR) is 97.6 cm³/mol. The van der Waals surface area contributed by atoms with Crippen LogP contribution in [0.5, 0.6) is 5.75 Å². The number of hydrogen-bond acceptors (Lipinski definition) is 4. The minimum atomic E-state index is -4.70. The molecule has 1 aromatic carbocycles. The number of ether oxygens (including phenoxy) is 1. The molecule has 0 saturated carbocycles. The van der Waals surface area contributed by atoms with Gasteiger partial charge >= 0.3 is 6.36 Å². The van der Waals surface area contributed by atoms with Crippen LogP contribution in [0.4, 0.5) is 13.2 Å². The van der Waals surface area contributed by atoms with E-state index in [1.807, 2.05) is 0 Å². The molecule has 2 heterocycles. The van der Waals surface area contributed by atoms with Gasteiger partial charge in [0.1, 0.15) is 11.5 Å². The van der Waals surface area contributed by atoms with E-state index in [1.165, 1.54) is 12.1 Å². The molecule has 2 aromatic rings. The third kappa shape index (κ3) is 5.96. The van der Waals surface area contributed by atoms with Gasteiger partial charge in [0.25, 0.3) is 0 Å².